The van der Waals surface area contributed by atoms with Gasteiger partial charge in [-0.2, -0.15) is 0 Å². The average Bonchev–Trinajstić information content (AvgIpc) is 2.48. The van der Waals surface area contributed by atoms with E-state index in [-0.39, 0.29) is 0 Å². The maximum Gasteiger partial charge on any atom is 0.225 e. The van der Waals surface area contributed by atoms with Crippen LogP contribution in [-0.2, 0) is 0 Å². The van der Waals surface area contributed by atoms with Gasteiger partial charge >= 0.3 is 0 Å². The average molecular weight is 282 g/mol. The summed E-state index contributed by atoms with van der Waals surface area (Å²) in [6.07, 6.45) is 3.78. The molecule has 0 radical (unpaired) electrons. The highest BCUT2D eigenvalue weighted by atomic mass is 15.3. The van der Waals surface area contributed by atoms with Crippen LogP contribution in [0.15, 0.2) is 30.6 Å². The van der Waals surface area contributed by atoms with Crippen LogP contribution in [0.1, 0.15) is 16.7 Å². The molecule has 1 fully saturated rings. The second kappa shape index (κ2) is 5.72. The van der Waals surface area contributed by atoms with Crippen molar-refractivity contribution < 1.29 is 0 Å². The van der Waals surface area contributed by atoms with Crippen molar-refractivity contribution in [2.45, 2.75) is 20.8 Å². The van der Waals surface area contributed by atoms with E-state index in [9.17, 15) is 0 Å². The SMILES string of the molecule is Cc1cnc(N2CCN(c3ccc(C)cc3C)CC2)nc1. The van der Waals surface area contributed by atoms with E-state index in [4.69, 9.17) is 0 Å². The quantitative estimate of drug-likeness (QED) is 0.848. The normalized spacial score (nSPS) is 15.4. The van der Waals surface area contributed by atoms with Gasteiger partial charge in [-0.05, 0) is 38.0 Å². The zero-order chi connectivity index (χ0) is 14.8. The number of benzene rings is 1. The van der Waals surface area contributed by atoms with Gasteiger partial charge in [0.15, 0.2) is 0 Å². The Morgan fingerprint density at radius 3 is 2.05 bits per heavy atom. The van der Waals surface area contributed by atoms with Crippen molar-refractivity contribution in [2.75, 3.05) is 36.0 Å². The Morgan fingerprint density at radius 2 is 1.43 bits per heavy atom. The summed E-state index contributed by atoms with van der Waals surface area (Å²) in [6, 6.07) is 6.69. The Bertz CT molecular complexity index is 613. The largest absolute Gasteiger partial charge is 0.368 e. The molecule has 1 aromatic heterocycles. The van der Waals surface area contributed by atoms with Crippen molar-refractivity contribution in [3.8, 4) is 0 Å². The van der Waals surface area contributed by atoms with Gasteiger partial charge in [0.1, 0.15) is 0 Å². The van der Waals surface area contributed by atoms with Crippen molar-refractivity contribution in [3.63, 3.8) is 0 Å². The number of hydrogen-bond donors (Lipinski definition) is 0. The van der Waals surface area contributed by atoms with E-state index in [1.165, 1.54) is 16.8 Å². The molecule has 0 saturated carbocycles. The molecule has 1 saturated heterocycles. The van der Waals surface area contributed by atoms with Crippen molar-refractivity contribution in [1.29, 1.82) is 0 Å². The summed E-state index contributed by atoms with van der Waals surface area (Å²) in [6.45, 7) is 10.3. The molecule has 2 aromatic rings. The van der Waals surface area contributed by atoms with Crippen LogP contribution < -0.4 is 9.80 Å². The van der Waals surface area contributed by atoms with E-state index in [0.29, 0.717) is 0 Å². The maximum absolute atomic E-state index is 4.43. The van der Waals surface area contributed by atoms with E-state index >= 15 is 0 Å². The molecule has 4 heteroatoms. The van der Waals surface area contributed by atoms with Crippen molar-refractivity contribution >= 4 is 11.6 Å². The first-order chi connectivity index (χ1) is 10.1. The number of anilines is 2. The molecule has 4 nitrogen and oxygen atoms in total. The van der Waals surface area contributed by atoms with Gasteiger partial charge in [0, 0.05) is 44.3 Å². The second-order valence-corrected chi connectivity index (χ2v) is 5.82. The monoisotopic (exact) mass is 282 g/mol. The molecule has 1 aromatic carbocycles. The Balaban J connectivity index is 1.68. The van der Waals surface area contributed by atoms with Gasteiger partial charge < -0.3 is 9.80 Å². The lowest BCUT2D eigenvalue weighted by molar-refractivity contribution is 0.638. The van der Waals surface area contributed by atoms with Crippen LogP contribution in [0.5, 0.6) is 0 Å². The summed E-state index contributed by atoms with van der Waals surface area (Å²) >= 11 is 0. The van der Waals surface area contributed by atoms with Crippen molar-refractivity contribution in [2.24, 2.45) is 0 Å². The molecule has 0 atom stereocenters. The van der Waals surface area contributed by atoms with Crippen LogP contribution in [0.25, 0.3) is 0 Å². The van der Waals surface area contributed by atoms with Crippen LogP contribution >= 0.6 is 0 Å². The van der Waals surface area contributed by atoms with Crippen molar-refractivity contribution in [1.82, 2.24) is 9.97 Å². The molecule has 2 heterocycles. The Morgan fingerprint density at radius 1 is 0.810 bits per heavy atom. The van der Waals surface area contributed by atoms with Gasteiger partial charge in [0.2, 0.25) is 5.95 Å². The summed E-state index contributed by atoms with van der Waals surface area (Å²) in [7, 11) is 0. The van der Waals surface area contributed by atoms with Gasteiger partial charge in [-0.15, -0.1) is 0 Å². The third-order valence-corrected chi connectivity index (χ3v) is 4.02. The lowest BCUT2D eigenvalue weighted by Crippen LogP contribution is -2.47. The first-order valence-corrected chi connectivity index (χ1v) is 7.49. The van der Waals surface area contributed by atoms with Gasteiger partial charge in [0.25, 0.3) is 0 Å². The topological polar surface area (TPSA) is 32.3 Å². The van der Waals surface area contributed by atoms with Crippen LogP contribution in [0.2, 0.25) is 0 Å². The van der Waals surface area contributed by atoms with Crippen molar-refractivity contribution in [3.05, 3.63) is 47.3 Å². The molecular weight excluding hydrogens is 260 g/mol. The fourth-order valence-corrected chi connectivity index (χ4v) is 2.86. The molecule has 0 N–H and O–H groups in total. The van der Waals surface area contributed by atoms with Crippen LogP contribution in [0, 0.1) is 20.8 Å². The molecule has 1 aliphatic rings. The summed E-state index contributed by atoms with van der Waals surface area (Å²) in [5.41, 5.74) is 5.13. The second-order valence-electron chi connectivity index (χ2n) is 5.82. The molecule has 1 aliphatic heterocycles. The smallest absolute Gasteiger partial charge is 0.225 e. The highest BCUT2D eigenvalue weighted by Crippen LogP contribution is 2.23. The Labute approximate surface area is 126 Å². The summed E-state index contributed by atoms with van der Waals surface area (Å²) in [5, 5.41) is 0. The highest BCUT2D eigenvalue weighted by molar-refractivity contribution is 5.55. The number of aryl methyl sites for hydroxylation is 3. The predicted octanol–water partition coefficient (Wildman–Crippen LogP) is 2.73. The van der Waals surface area contributed by atoms with E-state index in [0.717, 1.165) is 37.7 Å². The third-order valence-electron chi connectivity index (χ3n) is 4.02. The number of piperazine rings is 1. The number of rotatable bonds is 2. The van der Waals surface area contributed by atoms with Crippen LogP contribution in [-0.4, -0.2) is 36.1 Å². The van der Waals surface area contributed by atoms with E-state index in [1.807, 2.05) is 19.3 Å². The first kappa shape index (κ1) is 13.9. The minimum absolute atomic E-state index is 0.848. The number of hydrogen-bond acceptors (Lipinski definition) is 4. The molecular formula is C17H22N4. The molecule has 21 heavy (non-hydrogen) atoms. The lowest BCUT2D eigenvalue weighted by Gasteiger charge is -2.36. The van der Waals surface area contributed by atoms with Gasteiger partial charge in [0.05, 0.1) is 0 Å². The molecule has 0 spiro atoms. The summed E-state index contributed by atoms with van der Waals surface area (Å²) < 4.78 is 0. The third kappa shape index (κ3) is 2.99. The van der Waals surface area contributed by atoms with Gasteiger partial charge in [-0.25, -0.2) is 9.97 Å². The zero-order valence-corrected chi connectivity index (χ0v) is 13.0. The summed E-state index contributed by atoms with van der Waals surface area (Å²) in [4.78, 5) is 13.6. The predicted molar refractivity (Wildman–Crippen MR) is 87.1 cm³/mol. The Hall–Kier alpha value is -2.10. The van der Waals surface area contributed by atoms with Crippen LogP contribution in [0.3, 0.4) is 0 Å². The molecule has 110 valence electrons. The fourth-order valence-electron chi connectivity index (χ4n) is 2.86. The van der Waals surface area contributed by atoms with E-state index in [2.05, 4.69) is 51.8 Å². The van der Waals surface area contributed by atoms with Gasteiger partial charge in [-0.1, -0.05) is 17.7 Å². The standard InChI is InChI=1S/C17H22N4/c1-13-4-5-16(15(3)10-13)20-6-8-21(9-7-20)17-18-11-14(2)12-19-17/h4-5,10-12H,6-9H2,1-3H3. The molecule has 0 amide bonds. The lowest BCUT2D eigenvalue weighted by atomic mass is 10.1. The number of nitrogens with zero attached hydrogens (tertiary/aromatic N) is 4. The van der Waals surface area contributed by atoms with E-state index in [1.54, 1.807) is 0 Å². The van der Waals surface area contributed by atoms with Gasteiger partial charge in [-0.3, -0.25) is 0 Å². The van der Waals surface area contributed by atoms with Crippen LogP contribution in [0.4, 0.5) is 11.6 Å². The molecule has 0 bridgehead atoms. The Kier molecular flexibility index (Phi) is 3.78. The fraction of sp³-hybridized carbons (Fsp3) is 0.412. The molecule has 0 unspecified atom stereocenters. The highest BCUT2D eigenvalue weighted by Gasteiger charge is 2.19. The minimum Gasteiger partial charge on any atom is -0.368 e. The molecule has 3 rings (SSSR count). The minimum atomic E-state index is 0.848. The van der Waals surface area contributed by atoms with E-state index < -0.39 is 0 Å². The molecule has 0 aliphatic carbocycles. The first-order valence-electron chi connectivity index (χ1n) is 7.49. The zero-order valence-electron chi connectivity index (χ0n) is 13.0. The maximum atomic E-state index is 4.43. The number of aromatic nitrogens is 2. The summed E-state index contributed by atoms with van der Waals surface area (Å²) in [5.74, 6) is 0.848.